The van der Waals surface area contributed by atoms with Gasteiger partial charge in [-0.1, -0.05) is 6.92 Å². The molecule has 0 saturated heterocycles. The molecule has 1 aromatic heterocycles. The molecule has 0 spiro atoms. The highest BCUT2D eigenvalue weighted by Gasteiger charge is 2.05. The second-order valence-corrected chi connectivity index (χ2v) is 3.00. The lowest BCUT2D eigenvalue weighted by atomic mass is 10.2. The summed E-state index contributed by atoms with van der Waals surface area (Å²) in [6.45, 7) is 4.06. The topological polar surface area (TPSA) is 54.0 Å². The highest BCUT2D eigenvalue weighted by atomic mass is 19.1. The Bertz CT molecular complexity index is 330. The van der Waals surface area contributed by atoms with Crippen LogP contribution in [0.5, 0.6) is 0 Å². The van der Waals surface area contributed by atoms with Gasteiger partial charge < -0.3 is 10.6 Å². The molecular weight excluding hydrogens is 197 g/mol. The molecule has 0 aliphatic rings. The molecule has 0 aromatic carbocycles. The molecule has 82 valence electrons. The standard InChI is InChI=1S/C10H14FN3O/c1-2-12-3-4-14-10(15)8-5-9(11)7-13-6-8/h5-7,12H,2-4H2,1H3,(H,14,15). The van der Waals surface area contributed by atoms with Crippen LogP contribution in [0.15, 0.2) is 18.5 Å². The molecule has 0 fully saturated rings. The summed E-state index contributed by atoms with van der Waals surface area (Å²) in [5.41, 5.74) is 0.242. The molecule has 1 rings (SSSR count). The Morgan fingerprint density at radius 1 is 1.47 bits per heavy atom. The first-order chi connectivity index (χ1) is 7.24. The van der Waals surface area contributed by atoms with E-state index in [0.29, 0.717) is 13.1 Å². The number of pyridine rings is 1. The van der Waals surface area contributed by atoms with Gasteiger partial charge in [-0.15, -0.1) is 0 Å². The number of rotatable bonds is 5. The Balaban J connectivity index is 2.40. The second-order valence-electron chi connectivity index (χ2n) is 3.00. The van der Waals surface area contributed by atoms with Gasteiger partial charge in [0.15, 0.2) is 0 Å². The summed E-state index contributed by atoms with van der Waals surface area (Å²) in [6.07, 6.45) is 2.40. The summed E-state index contributed by atoms with van der Waals surface area (Å²) >= 11 is 0. The van der Waals surface area contributed by atoms with Crippen molar-refractivity contribution in [2.24, 2.45) is 0 Å². The number of carbonyl (C=O) groups is 1. The zero-order valence-electron chi connectivity index (χ0n) is 8.59. The molecular formula is C10H14FN3O. The van der Waals surface area contributed by atoms with Gasteiger partial charge in [0.25, 0.3) is 5.91 Å². The first-order valence-corrected chi connectivity index (χ1v) is 4.83. The van der Waals surface area contributed by atoms with Gasteiger partial charge in [0.2, 0.25) is 0 Å². The first-order valence-electron chi connectivity index (χ1n) is 4.83. The number of carbonyl (C=O) groups excluding carboxylic acids is 1. The highest BCUT2D eigenvalue weighted by Crippen LogP contribution is 1.99. The number of halogens is 1. The third kappa shape index (κ3) is 4.03. The lowest BCUT2D eigenvalue weighted by Gasteiger charge is -2.04. The Labute approximate surface area is 87.9 Å². The van der Waals surface area contributed by atoms with Crippen molar-refractivity contribution in [1.29, 1.82) is 0 Å². The van der Waals surface area contributed by atoms with Crippen molar-refractivity contribution in [3.63, 3.8) is 0 Å². The number of hydrogen-bond acceptors (Lipinski definition) is 3. The lowest BCUT2D eigenvalue weighted by molar-refractivity contribution is 0.0953. The fourth-order valence-corrected chi connectivity index (χ4v) is 1.08. The molecule has 1 aromatic rings. The van der Waals surface area contributed by atoms with E-state index in [4.69, 9.17) is 0 Å². The van der Waals surface area contributed by atoms with E-state index in [0.717, 1.165) is 18.8 Å². The third-order valence-electron chi connectivity index (χ3n) is 1.80. The molecule has 1 heterocycles. The van der Waals surface area contributed by atoms with Crippen LogP contribution >= 0.6 is 0 Å². The number of nitrogens with zero attached hydrogens (tertiary/aromatic N) is 1. The van der Waals surface area contributed by atoms with Gasteiger partial charge in [0, 0.05) is 19.3 Å². The smallest absolute Gasteiger partial charge is 0.252 e. The summed E-state index contributed by atoms with van der Waals surface area (Å²) in [5, 5.41) is 5.71. The average molecular weight is 211 g/mol. The van der Waals surface area contributed by atoms with Gasteiger partial charge in [-0.2, -0.15) is 0 Å². The third-order valence-corrected chi connectivity index (χ3v) is 1.80. The summed E-state index contributed by atoms with van der Waals surface area (Å²) in [6, 6.07) is 1.16. The van der Waals surface area contributed by atoms with Crippen molar-refractivity contribution in [1.82, 2.24) is 15.6 Å². The number of amides is 1. The highest BCUT2D eigenvalue weighted by molar-refractivity contribution is 5.93. The molecule has 0 unspecified atom stereocenters. The van der Waals surface area contributed by atoms with Crippen LogP contribution in [-0.4, -0.2) is 30.5 Å². The maximum atomic E-state index is 12.7. The molecule has 15 heavy (non-hydrogen) atoms. The largest absolute Gasteiger partial charge is 0.351 e. The molecule has 4 nitrogen and oxygen atoms in total. The van der Waals surface area contributed by atoms with Crippen LogP contribution in [-0.2, 0) is 0 Å². The number of hydrogen-bond donors (Lipinski definition) is 2. The van der Waals surface area contributed by atoms with Crippen molar-refractivity contribution in [3.8, 4) is 0 Å². The van der Waals surface area contributed by atoms with E-state index in [-0.39, 0.29) is 11.5 Å². The van der Waals surface area contributed by atoms with Crippen molar-refractivity contribution in [3.05, 3.63) is 29.8 Å². The number of nitrogens with one attached hydrogen (secondary N) is 2. The Morgan fingerprint density at radius 3 is 2.93 bits per heavy atom. The van der Waals surface area contributed by atoms with E-state index in [1.165, 1.54) is 6.20 Å². The summed E-state index contributed by atoms with van der Waals surface area (Å²) < 4.78 is 12.7. The SMILES string of the molecule is CCNCCNC(=O)c1cncc(F)c1. The maximum Gasteiger partial charge on any atom is 0.252 e. The van der Waals surface area contributed by atoms with E-state index in [1.807, 2.05) is 6.92 Å². The van der Waals surface area contributed by atoms with E-state index >= 15 is 0 Å². The van der Waals surface area contributed by atoms with Gasteiger partial charge >= 0.3 is 0 Å². The molecule has 0 atom stereocenters. The van der Waals surface area contributed by atoms with Gasteiger partial charge in [-0.3, -0.25) is 9.78 Å². The fraction of sp³-hybridized carbons (Fsp3) is 0.400. The summed E-state index contributed by atoms with van der Waals surface area (Å²) in [4.78, 5) is 15.0. The Morgan fingerprint density at radius 2 is 2.27 bits per heavy atom. The monoisotopic (exact) mass is 211 g/mol. The zero-order chi connectivity index (χ0) is 11.1. The maximum absolute atomic E-state index is 12.7. The van der Waals surface area contributed by atoms with Crippen molar-refractivity contribution in [2.45, 2.75) is 6.92 Å². The number of likely N-dealkylation sites (N-methyl/N-ethyl adjacent to an activating group) is 1. The molecule has 0 aliphatic carbocycles. The lowest BCUT2D eigenvalue weighted by Crippen LogP contribution is -2.31. The average Bonchev–Trinajstić information content (AvgIpc) is 2.24. The van der Waals surface area contributed by atoms with Crippen LogP contribution in [0, 0.1) is 5.82 Å². The molecule has 1 amide bonds. The normalized spacial score (nSPS) is 10.0. The van der Waals surface area contributed by atoms with Crippen LogP contribution in [0.2, 0.25) is 0 Å². The minimum Gasteiger partial charge on any atom is -0.351 e. The summed E-state index contributed by atoms with van der Waals surface area (Å²) in [7, 11) is 0. The molecule has 0 bridgehead atoms. The van der Waals surface area contributed by atoms with E-state index in [1.54, 1.807) is 0 Å². The van der Waals surface area contributed by atoms with Crippen molar-refractivity contribution in [2.75, 3.05) is 19.6 Å². The molecule has 0 radical (unpaired) electrons. The predicted octanol–water partition coefficient (Wildman–Crippen LogP) is 0.560. The van der Waals surface area contributed by atoms with Crippen LogP contribution in [0.25, 0.3) is 0 Å². The van der Waals surface area contributed by atoms with Gasteiger partial charge in [-0.25, -0.2) is 4.39 Å². The van der Waals surface area contributed by atoms with E-state index < -0.39 is 5.82 Å². The molecule has 2 N–H and O–H groups in total. The second kappa shape index (κ2) is 6.08. The Kier molecular flexibility index (Phi) is 4.70. The van der Waals surface area contributed by atoms with E-state index in [9.17, 15) is 9.18 Å². The molecule has 0 saturated carbocycles. The fourth-order valence-electron chi connectivity index (χ4n) is 1.08. The van der Waals surface area contributed by atoms with Crippen LogP contribution in [0.4, 0.5) is 4.39 Å². The minimum atomic E-state index is -0.505. The first kappa shape index (κ1) is 11.6. The van der Waals surface area contributed by atoms with Gasteiger partial charge in [0.05, 0.1) is 11.8 Å². The Hall–Kier alpha value is -1.49. The van der Waals surface area contributed by atoms with Crippen LogP contribution in [0.3, 0.4) is 0 Å². The minimum absolute atomic E-state index is 0.242. The van der Waals surface area contributed by atoms with Crippen molar-refractivity contribution >= 4 is 5.91 Å². The predicted molar refractivity (Wildman–Crippen MR) is 55.1 cm³/mol. The van der Waals surface area contributed by atoms with Gasteiger partial charge in [0.1, 0.15) is 5.82 Å². The number of aromatic nitrogens is 1. The molecule has 5 heteroatoms. The van der Waals surface area contributed by atoms with E-state index in [2.05, 4.69) is 15.6 Å². The van der Waals surface area contributed by atoms with Crippen LogP contribution in [0.1, 0.15) is 17.3 Å². The quantitative estimate of drug-likeness (QED) is 0.700. The zero-order valence-corrected chi connectivity index (χ0v) is 8.59. The van der Waals surface area contributed by atoms with Gasteiger partial charge in [-0.05, 0) is 12.6 Å². The summed E-state index contributed by atoms with van der Waals surface area (Å²) in [5.74, 6) is -0.811. The molecule has 0 aliphatic heterocycles. The van der Waals surface area contributed by atoms with Crippen molar-refractivity contribution < 1.29 is 9.18 Å². The van der Waals surface area contributed by atoms with Crippen LogP contribution < -0.4 is 10.6 Å².